The van der Waals surface area contributed by atoms with E-state index in [-0.39, 0.29) is 23.5 Å². The highest BCUT2D eigenvalue weighted by molar-refractivity contribution is 5.89. The number of hydrogen-bond acceptors (Lipinski definition) is 3. The molecule has 2 aliphatic rings. The fraction of sp³-hybridized carbons (Fsp3) is 0.938. The molecule has 20 heavy (non-hydrogen) atoms. The van der Waals surface area contributed by atoms with Gasteiger partial charge in [0, 0.05) is 24.5 Å². The zero-order valence-corrected chi connectivity index (χ0v) is 13.4. The molecular formula is C16H30N2O2. The molecule has 0 radical (unpaired) electrons. The van der Waals surface area contributed by atoms with E-state index in [2.05, 4.69) is 12.2 Å². The molecule has 3 N–H and O–H groups in total. The first-order valence-electron chi connectivity index (χ1n) is 8.06. The minimum Gasteiger partial charge on any atom is -0.378 e. The smallest absolute Gasteiger partial charge is 0.241 e. The third-order valence-electron chi connectivity index (χ3n) is 5.38. The first-order chi connectivity index (χ1) is 9.35. The molecule has 0 heterocycles. The van der Waals surface area contributed by atoms with Crippen molar-refractivity contribution in [3.05, 3.63) is 0 Å². The van der Waals surface area contributed by atoms with Gasteiger partial charge in [-0.15, -0.1) is 0 Å². The molecule has 1 amide bonds. The summed E-state index contributed by atoms with van der Waals surface area (Å²) in [6.45, 7) is 8.86. The van der Waals surface area contributed by atoms with Gasteiger partial charge < -0.3 is 15.8 Å². The van der Waals surface area contributed by atoms with Gasteiger partial charge in [-0.1, -0.05) is 33.6 Å². The Hall–Kier alpha value is -0.610. The van der Waals surface area contributed by atoms with Crippen molar-refractivity contribution in [3.8, 4) is 0 Å². The quantitative estimate of drug-likeness (QED) is 0.752. The van der Waals surface area contributed by atoms with Gasteiger partial charge in [0.1, 0.15) is 5.54 Å². The van der Waals surface area contributed by atoms with Gasteiger partial charge in [0.05, 0.1) is 6.10 Å². The van der Waals surface area contributed by atoms with Crippen LogP contribution >= 0.6 is 0 Å². The van der Waals surface area contributed by atoms with Gasteiger partial charge in [-0.3, -0.25) is 4.79 Å². The summed E-state index contributed by atoms with van der Waals surface area (Å²) in [5, 5.41) is 3.18. The number of carbonyl (C=O) groups excluding carboxylic acids is 1. The molecule has 2 saturated carbocycles. The van der Waals surface area contributed by atoms with Crippen LogP contribution in [-0.4, -0.2) is 30.2 Å². The van der Waals surface area contributed by atoms with Gasteiger partial charge in [-0.2, -0.15) is 0 Å². The van der Waals surface area contributed by atoms with E-state index >= 15 is 0 Å². The minimum atomic E-state index is -0.788. The van der Waals surface area contributed by atoms with Crippen molar-refractivity contribution in [3.63, 3.8) is 0 Å². The zero-order chi connectivity index (χ0) is 15.0. The van der Waals surface area contributed by atoms with Crippen molar-refractivity contribution < 1.29 is 9.53 Å². The summed E-state index contributed by atoms with van der Waals surface area (Å²) in [7, 11) is 0. The summed E-state index contributed by atoms with van der Waals surface area (Å²) in [5.41, 5.74) is 5.31. The lowest BCUT2D eigenvalue weighted by molar-refractivity contribution is -0.171. The van der Waals surface area contributed by atoms with Gasteiger partial charge in [0.25, 0.3) is 0 Å². The van der Waals surface area contributed by atoms with E-state index in [1.807, 2.05) is 20.8 Å². The van der Waals surface area contributed by atoms with Gasteiger partial charge >= 0.3 is 0 Å². The van der Waals surface area contributed by atoms with Crippen LogP contribution in [0.2, 0.25) is 0 Å². The Morgan fingerprint density at radius 1 is 1.40 bits per heavy atom. The van der Waals surface area contributed by atoms with Crippen molar-refractivity contribution >= 4 is 5.91 Å². The maximum atomic E-state index is 12.6. The Labute approximate surface area is 122 Å². The lowest BCUT2D eigenvalue weighted by Gasteiger charge is -2.57. The van der Waals surface area contributed by atoms with Crippen LogP contribution in [0.4, 0.5) is 0 Å². The molecule has 0 aromatic carbocycles. The summed E-state index contributed by atoms with van der Waals surface area (Å²) in [6, 6.07) is 0.275. The topological polar surface area (TPSA) is 64.3 Å². The number of hydrogen-bond donors (Lipinski definition) is 2. The summed E-state index contributed by atoms with van der Waals surface area (Å²) in [4.78, 5) is 12.6. The van der Waals surface area contributed by atoms with Crippen molar-refractivity contribution in [2.24, 2.45) is 17.1 Å². The van der Waals surface area contributed by atoms with E-state index in [1.54, 1.807) is 0 Å². The fourth-order valence-corrected chi connectivity index (χ4v) is 3.22. The molecule has 2 rings (SSSR count). The molecule has 4 heteroatoms. The van der Waals surface area contributed by atoms with Crippen molar-refractivity contribution in [1.82, 2.24) is 5.32 Å². The Kier molecular flexibility index (Phi) is 4.45. The van der Waals surface area contributed by atoms with Gasteiger partial charge in [-0.05, 0) is 25.7 Å². The molecule has 3 unspecified atom stereocenters. The first kappa shape index (κ1) is 15.8. The minimum absolute atomic E-state index is 0.00551. The summed E-state index contributed by atoms with van der Waals surface area (Å²) < 4.78 is 5.68. The normalized spacial score (nSPS) is 33.4. The summed E-state index contributed by atoms with van der Waals surface area (Å²) in [6.07, 6.45) is 5.43. The third-order valence-corrected chi connectivity index (χ3v) is 5.38. The second kappa shape index (κ2) is 5.64. The molecule has 3 atom stereocenters. The average molecular weight is 282 g/mol. The van der Waals surface area contributed by atoms with E-state index in [0.29, 0.717) is 13.0 Å². The van der Waals surface area contributed by atoms with Crippen LogP contribution in [0.15, 0.2) is 0 Å². The van der Waals surface area contributed by atoms with E-state index in [1.165, 1.54) is 12.8 Å². The maximum absolute atomic E-state index is 12.6. The van der Waals surface area contributed by atoms with Crippen LogP contribution in [0.1, 0.15) is 59.8 Å². The average Bonchev–Trinajstić information content (AvgIpc) is 3.21. The molecule has 0 saturated heterocycles. The molecule has 2 fully saturated rings. The molecule has 116 valence electrons. The molecule has 0 bridgehead atoms. The summed E-state index contributed by atoms with van der Waals surface area (Å²) in [5.74, 6) is 0.825. The predicted molar refractivity (Wildman–Crippen MR) is 80.3 cm³/mol. The second-order valence-corrected chi connectivity index (χ2v) is 7.10. The van der Waals surface area contributed by atoms with E-state index in [4.69, 9.17) is 10.5 Å². The first-order valence-corrected chi connectivity index (χ1v) is 8.06. The van der Waals surface area contributed by atoms with Crippen molar-refractivity contribution in [1.29, 1.82) is 0 Å². The molecule has 0 spiro atoms. The number of nitrogens with one attached hydrogen (secondary N) is 1. The van der Waals surface area contributed by atoms with Crippen LogP contribution in [0.5, 0.6) is 0 Å². The fourth-order valence-electron chi connectivity index (χ4n) is 3.22. The molecule has 0 aliphatic heterocycles. The second-order valence-electron chi connectivity index (χ2n) is 7.10. The Balaban J connectivity index is 1.94. The van der Waals surface area contributed by atoms with Crippen LogP contribution < -0.4 is 11.1 Å². The largest absolute Gasteiger partial charge is 0.378 e. The maximum Gasteiger partial charge on any atom is 0.241 e. The van der Waals surface area contributed by atoms with Gasteiger partial charge in [-0.25, -0.2) is 0 Å². The lowest BCUT2D eigenvalue weighted by atomic mass is 9.54. The van der Waals surface area contributed by atoms with Crippen LogP contribution in [0.3, 0.4) is 0 Å². The number of amides is 1. The van der Waals surface area contributed by atoms with E-state index in [0.717, 1.165) is 18.8 Å². The molecule has 2 aliphatic carbocycles. The standard InChI is InChI=1S/C16H30N2O2/c1-5-12(9-11-7-8-11)18-14(19)16(17)10-13(20-6-2)15(16,3)4/h11-13H,5-10,17H2,1-4H3,(H,18,19). The third kappa shape index (κ3) is 2.73. The molecular weight excluding hydrogens is 252 g/mol. The van der Waals surface area contributed by atoms with E-state index in [9.17, 15) is 4.79 Å². The predicted octanol–water partition coefficient (Wildman–Crippen LogP) is 2.21. The lowest BCUT2D eigenvalue weighted by Crippen LogP contribution is -2.76. The SMILES string of the molecule is CCOC1CC(N)(C(=O)NC(CC)CC2CC2)C1(C)C. The monoisotopic (exact) mass is 282 g/mol. The Morgan fingerprint density at radius 2 is 2.05 bits per heavy atom. The number of rotatable bonds is 7. The van der Waals surface area contributed by atoms with Crippen molar-refractivity contribution in [2.75, 3.05) is 6.61 Å². The number of ether oxygens (including phenoxy) is 1. The van der Waals surface area contributed by atoms with Crippen LogP contribution in [0, 0.1) is 11.3 Å². The van der Waals surface area contributed by atoms with Gasteiger partial charge in [0.15, 0.2) is 0 Å². The van der Waals surface area contributed by atoms with Crippen LogP contribution in [-0.2, 0) is 9.53 Å². The number of carbonyl (C=O) groups is 1. The zero-order valence-electron chi connectivity index (χ0n) is 13.4. The van der Waals surface area contributed by atoms with Gasteiger partial charge in [0.2, 0.25) is 5.91 Å². The number of nitrogens with two attached hydrogens (primary N) is 1. The molecule has 0 aromatic rings. The highest BCUT2D eigenvalue weighted by atomic mass is 16.5. The molecule has 0 aromatic heterocycles. The summed E-state index contributed by atoms with van der Waals surface area (Å²) >= 11 is 0. The molecule has 4 nitrogen and oxygen atoms in total. The highest BCUT2D eigenvalue weighted by Gasteiger charge is 2.63. The van der Waals surface area contributed by atoms with Crippen LogP contribution in [0.25, 0.3) is 0 Å². The highest BCUT2D eigenvalue weighted by Crippen LogP contribution is 2.50. The van der Waals surface area contributed by atoms with E-state index < -0.39 is 5.54 Å². The Morgan fingerprint density at radius 3 is 2.50 bits per heavy atom. The Bertz CT molecular complexity index is 365. The van der Waals surface area contributed by atoms with Crippen molar-refractivity contribution in [2.45, 2.75) is 77.5 Å².